The minimum Gasteiger partial charge on any atom is -0.375 e. The second-order valence-corrected chi connectivity index (χ2v) is 5.62. The van der Waals surface area contributed by atoms with Gasteiger partial charge in [-0.05, 0) is 12.8 Å². The fraction of sp³-hybridized carbons (Fsp3) is 0.583. The summed E-state index contributed by atoms with van der Waals surface area (Å²) in [7, 11) is 0. The zero-order valence-corrected chi connectivity index (χ0v) is 10.9. The SMILES string of the molecule is Nc1nc(Cc2nc(C3CCCCC3)no2)cs1. The second kappa shape index (κ2) is 5.06. The third kappa shape index (κ3) is 2.53. The van der Waals surface area contributed by atoms with E-state index in [4.69, 9.17) is 10.3 Å². The minimum atomic E-state index is 0.483. The molecule has 0 amide bonds. The van der Waals surface area contributed by atoms with Gasteiger partial charge >= 0.3 is 0 Å². The topological polar surface area (TPSA) is 77.8 Å². The molecule has 1 aliphatic rings. The zero-order chi connectivity index (χ0) is 12.4. The number of thiazole rings is 1. The van der Waals surface area contributed by atoms with Gasteiger partial charge in [0.2, 0.25) is 5.89 Å². The summed E-state index contributed by atoms with van der Waals surface area (Å²) < 4.78 is 5.29. The van der Waals surface area contributed by atoms with Gasteiger partial charge in [0.25, 0.3) is 0 Å². The highest BCUT2D eigenvalue weighted by Crippen LogP contribution is 2.30. The van der Waals surface area contributed by atoms with E-state index >= 15 is 0 Å². The molecule has 0 aromatic carbocycles. The molecule has 2 aromatic heterocycles. The molecule has 2 N–H and O–H groups in total. The largest absolute Gasteiger partial charge is 0.375 e. The van der Waals surface area contributed by atoms with Crippen LogP contribution in [0.25, 0.3) is 0 Å². The first-order valence-corrected chi connectivity index (χ1v) is 7.21. The average Bonchev–Trinajstić information content (AvgIpc) is 3.01. The van der Waals surface area contributed by atoms with Crippen molar-refractivity contribution in [3.63, 3.8) is 0 Å². The van der Waals surface area contributed by atoms with Gasteiger partial charge in [0.05, 0.1) is 12.1 Å². The maximum absolute atomic E-state index is 5.60. The molecule has 18 heavy (non-hydrogen) atoms. The van der Waals surface area contributed by atoms with E-state index < -0.39 is 0 Å². The van der Waals surface area contributed by atoms with Crippen molar-refractivity contribution >= 4 is 16.5 Å². The van der Waals surface area contributed by atoms with Crippen molar-refractivity contribution in [1.29, 1.82) is 0 Å². The molecule has 0 saturated heterocycles. The van der Waals surface area contributed by atoms with Crippen molar-refractivity contribution < 1.29 is 4.52 Å². The quantitative estimate of drug-likeness (QED) is 0.922. The molecule has 5 nitrogen and oxygen atoms in total. The Morgan fingerprint density at radius 3 is 2.83 bits per heavy atom. The highest BCUT2D eigenvalue weighted by Gasteiger charge is 2.21. The summed E-state index contributed by atoms with van der Waals surface area (Å²) in [5, 5.41) is 6.61. The van der Waals surface area contributed by atoms with Crippen LogP contribution in [-0.2, 0) is 6.42 Å². The van der Waals surface area contributed by atoms with E-state index in [-0.39, 0.29) is 0 Å². The third-order valence-corrected chi connectivity index (χ3v) is 4.08. The number of anilines is 1. The van der Waals surface area contributed by atoms with Gasteiger partial charge in [-0.2, -0.15) is 4.98 Å². The highest BCUT2D eigenvalue weighted by atomic mass is 32.1. The first-order valence-electron chi connectivity index (χ1n) is 6.33. The van der Waals surface area contributed by atoms with Gasteiger partial charge in [-0.1, -0.05) is 24.4 Å². The summed E-state index contributed by atoms with van der Waals surface area (Å²) in [5.74, 6) is 1.99. The van der Waals surface area contributed by atoms with Crippen LogP contribution in [0.4, 0.5) is 5.13 Å². The summed E-state index contributed by atoms with van der Waals surface area (Å²) in [5.41, 5.74) is 6.49. The van der Waals surface area contributed by atoms with E-state index in [0.29, 0.717) is 23.4 Å². The third-order valence-electron chi connectivity index (χ3n) is 3.36. The molecule has 0 unspecified atom stereocenters. The van der Waals surface area contributed by atoms with Crippen LogP contribution < -0.4 is 5.73 Å². The van der Waals surface area contributed by atoms with E-state index in [2.05, 4.69) is 15.1 Å². The van der Waals surface area contributed by atoms with Crippen LogP contribution in [0.15, 0.2) is 9.90 Å². The monoisotopic (exact) mass is 264 g/mol. The Labute approximate surface area is 109 Å². The molecule has 0 spiro atoms. The molecule has 1 saturated carbocycles. The van der Waals surface area contributed by atoms with Gasteiger partial charge < -0.3 is 10.3 Å². The molecule has 2 aromatic rings. The van der Waals surface area contributed by atoms with Crippen LogP contribution in [0.1, 0.15) is 55.4 Å². The lowest BCUT2D eigenvalue weighted by Crippen LogP contribution is -2.06. The molecule has 1 fully saturated rings. The lowest BCUT2D eigenvalue weighted by Gasteiger charge is -2.17. The zero-order valence-electron chi connectivity index (χ0n) is 10.1. The van der Waals surface area contributed by atoms with Gasteiger partial charge in [-0.3, -0.25) is 0 Å². The van der Waals surface area contributed by atoms with Gasteiger partial charge in [0, 0.05) is 11.3 Å². The van der Waals surface area contributed by atoms with Crippen molar-refractivity contribution in [2.45, 2.75) is 44.4 Å². The maximum Gasteiger partial charge on any atom is 0.232 e. The van der Waals surface area contributed by atoms with E-state index in [1.165, 1.54) is 43.4 Å². The first kappa shape index (κ1) is 11.6. The lowest BCUT2D eigenvalue weighted by molar-refractivity contribution is 0.361. The van der Waals surface area contributed by atoms with Gasteiger partial charge in [0.15, 0.2) is 11.0 Å². The predicted octanol–water partition coefficient (Wildman–Crippen LogP) is 2.75. The molecule has 0 atom stereocenters. The van der Waals surface area contributed by atoms with Crippen LogP contribution in [0.5, 0.6) is 0 Å². The summed E-state index contributed by atoms with van der Waals surface area (Å²) in [6.07, 6.45) is 6.83. The summed E-state index contributed by atoms with van der Waals surface area (Å²) >= 11 is 1.44. The number of nitrogens with zero attached hydrogens (tertiary/aromatic N) is 3. The van der Waals surface area contributed by atoms with E-state index in [1.807, 2.05) is 5.38 Å². The molecular formula is C12H16N4OS. The molecule has 96 valence electrons. The molecular weight excluding hydrogens is 248 g/mol. The Hall–Kier alpha value is -1.43. The van der Waals surface area contributed by atoms with Crippen molar-refractivity contribution in [1.82, 2.24) is 15.1 Å². The standard InChI is InChI=1S/C12H16N4OS/c13-12-14-9(7-18-12)6-10-15-11(16-17-10)8-4-2-1-3-5-8/h7-8H,1-6H2,(H2,13,14). The van der Waals surface area contributed by atoms with Crippen molar-refractivity contribution in [3.8, 4) is 0 Å². The summed E-state index contributed by atoms with van der Waals surface area (Å²) in [4.78, 5) is 8.68. The Kier molecular flexibility index (Phi) is 3.27. The molecule has 0 aliphatic heterocycles. The van der Waals surface area contributed by atoms with E-state index in [0.717, 1.165) is 11.5 Å². The summed E-state index contributed by atoms with van der Waals surface area (Å²) in [6, 6.07) is 0. The molecule has 0 bridgehead atoms. The fourth-order valence-corrected chi connectivity index (χ4v) is 2.99. The molecule has 2 heterocycles. The van der Waals surface area contributed by atoms with Crippen molar-refractivity contribution in [2.24, 2.45) is 0 Å². The van der Waals surface area contributed by atoms with E-state index in [1.54, 1.807) is 0 Å². The van der Waals surface area contributed by atoms with Crippen LogP contribution >= 0.6 is 11.3 Å². The van der Waals surface area contributed by atoms with Crippen LogP contribution in [0, 0.1) is 0 Å². The molecule has 1 aliphatic carbocycles. The molecule has 0 radical (unpaired) electrons. The Morgan fingerprint density at radius 2 is 2.11 bits per heavy atom. The summed E-state index contributed by atoms with van der Waals surface area (Å²) in [6.45, 7) is 0. The molecule has 3 rings (SSSR count). The number of hydrogen-bond acceptors (Lipinski definition) is 6. The van der Waals surface area contributed by atoms with Crippen LogP contribution in [0.2, 0.25) is 0 Å². The Morgan fingerprint density at radius 1 is 1.28 bits per heavy atom. The van der Waals surface area contributed by atoms with Crippen LogP contribution in [0.3, 0.4) is 0 Å². The van der Waals surface area contributed by atoms with E-state index in [9.17, 15) is 0 Å². The number of aromatic nitrogens is 3. The number of nitrogens with two attached hydrogens (primary N) is 1. The van der Waals surface area contributed by atoms with Crippen molar-refractivity contribution in [2.75, 3.05) is 5.73 Å². The normalized spacial score (nSPS) is 17.1. The predicted molar refractivity (Wildman–Crippen MR) is 69.5 cm³/mol. The Balaban J connectivity index is 1.69. The molecule has 6 heteroatoms. The first-order chi connectivity index (χ1) is 8.81. The highest BCUT2D eigenvalue weighted by molar-refractivity contribution is 7.13. The maximum atomic E-state index is 5.60. The number of rotatable bonds is 3. The van der Waals surface area contributed by atoms with Crippen LogP contribution in [-0.4, -0.2) is 15.1 Å². The second-order valence-electron chi connectivity index (χ2n) is 4.74. The fourth-order valence-electron chi connectivity index (χ4n) is 2.43. The van der Waals surface area contributed by atoms with Crippen molar-refractivity contribution in [3.05, 3.63) is 22.8 Å². The Bertz CT molecular complexity index is 516. The van der Waals surface area contributed by atoms with Gasteiger partial charge in [0.1, 0.15) is 0 Å². The number of nitrogen functional groups attached to an aromatic ring is 1. The average molecular weight is 264 g/mol. The number of hydrogen-bond donors (Lipinski definition) is 1. The lowest BCUT2D eigenvalue weighted by atomic mass is 9.89. The van der Waals surface area contributed by atoms with Gasteiger partial charge in [-0.25, -0.2) is 4.98 Å². The smallest absolute Gasteiger partial charge is 0.232 e. The van der Waals surface area contributed by atoms with Gasteiger partial charge in [-0.15, -0.1) is 11.3 Å². The minimum absolute atomic E-state index is 0.483.